The van der Waals surface area contributed by atoms with E-state index in [4.69, 9.17) is 4.74 Å². The number of aryl methyl sites for hydroxylation is 2. The molecule has 0 aliphatic rings. The molecule has 2 aromatic rings. The zero-order valence-corrected chi connectivity index (χ0v) is 9.16. The van der Waals surface area contributed by atoms with Crippen molar-refractivity contribution in [3.8, 4) is 17.0 Å². The van der Waals surface area contributed by atoms with Gasteiger partial charge < -0.3 is 9.72 Å². The normalized spacial score (nSPS) is 10.3. The first-order valence-electron chi connectivity index (χ1n) is 4.87. The van der Waals surface area contributed by atoms with Gasteiger partial charge in [0.25, 0.3) is 0 Å². The van der Waals surface area contributed by atoms with Gasteiger partial charge in [0.1, 0.15) is 11.6 Å². The summed E-state index contributed by atoms with van der Waals surface area (Å²) in [6.07, 6.45) is 1.85. The molecule has 0 aliphatic heterocycles. The highest BCUT2D eigenvalue weighted by Crippen LogP contribution is 2.25. The number of nitrogens with zero attached hydrogens (tertiary/aromatic N) is 1. The molecule has 3 nitrogen and oxygen atoms in total. The van der Waals surface area contributed by atoms with Crippen LogP contribution in [0, 0.1) is 13.8 Å². The zero-order valence-electron chi connectivity index (χ0n) is 9.16. The summed E-state index contributed by atoms with van der Waals surface area (Å²) in [5, 5.41) is 0. The van der Waals surface area contributed by atoms with Gasteiger partial charge in [-0.2, -0.15) is 0 Å². The molecule has 15 heavy (non-hydrogen) atoms. The van der Waals surface area contributed by atoms with E-state index in [2.05, 4.69) is 16.9 Å². The van der Waals surface area contributed by atoms with E-state index < -0.39 is 0 Å². The van der Waals surface area contributed by atoms with Gasteiger partial charge in [0.2, 0.25) is 0 Å². The summed E-state index contributed by atoms with van der Waals surface area (Å²) in [6, 6.07) is 6.02. The summed E-state index contributed by atoms with van der Waals surface area (Å²) in [5.74, 6) is 1.81. The highest BCUT2D eigenvalue weighted by Gasteiger charge is 2.05. The Bertz CT molecular complexity index is 474. The molecule has 0 fully saturated rings. The minimum absolute atomic E-state index is 0.882. The van der Waals surface area contributed by atoms with E-state index in [0.717, 1.165) is 22.8 Å². The van der Waals surface area contributed by atoms with Gasteiger partial charge >= 0.3 is 0 Å². The molecule has 0 saturated carbocycles. The smallest absolute Gasteiger partial charge is 0.119 e. The van der Waals surface area contributed by atoms with Crippen LogP contribution in [0.4, 0.5) is 0 Å². The molecule has 1 heterocycles. The van der Waals surface area contributed by atoms with Crippen molar-refractivity contribution in [2.45, 2.75) is 13.8 Å². The van der Waals surface area contributed by atoms with Crippen LogP contribution >= 0.6 is 0 Å². The van der Waals surface area contributed by atoms with Gasteiger partial charge in [0, 0.05) is 5.56 Å². The van der Waals surface area contributed by atoms with Crippen molar-refractivity contribution in [3.05, 3.63) is 35.8 Å². The molecule has 1 aromatic carbocycles. The van der Waals surface area contributed by atoms with Crippen molar-refractivity contribution in [2.24, 2.45) is 0 Å². The first-order chi connectivity index (χ1) is 7.20. The third kappa shape index (κ3) is 1.86. The number of hydrogen-bond acceptors (Lipinski definition) is 2. The lowest BCUT2D eigenvalue weighted by Crippen LogP contribution is -1.87. The van der Waals surface area contributed by atoms with Crippen molar-refractivity contribution >= 4 is 0 Å². The maximum absolute atomic E-state index is 5.17. The van der Waals surface area contributed by atoms with Crippen LogP contribution in [-0.4, -0.2) is 17.1 Å². The number of imidazole rings is 1. The molecule has 0 saturated heterocycles. The minimum atomic E-state index is 0.882. The number of nitrogens with one attached hydrogen (secondary N) is 1. The second-order valence-electron chi connectivity index (χ2n) is 3.56. The van der Waals surface area contributed by atoms with Crippen LogP contribution in [0.15, 0.2) is 24.4 Å². The average molecular weight is 202 g/mol. The van der Waals surface area contributed by atoms with E-state index in [1.807, 2.05) is 31.3 Å². The van der Waals surface area contributed by atoms with Gasteiger partial charge in [-0.25, -0.2) is 4.98 Å². The van der Waals surface area contributed by atoms with Crippen LogP contribution < -0.4 is 4.74 Å². The summed E-state index contributed by atoms with van der Waals surface area (Å²) in [6.45, 7) is 4.01. The van der Waals surface area contributed by atoms with E-state index in [-0.39, 0.29) is 0 Å². The Morgan fingerprint density at radius 1 is 1.27 bits per heavy atom. The number of rotatable bonds is 2. The molecular weight excluding hydrogens is 188 g/mol. The lowest BCUT2D eigenvalue weighted by atomic mass is 10.1. The second-order valence-corrected chi connectivity index (χ2v) is 3.56. The summed E-state index contributed by atoms with van der Waals surface area (Å²) in [4.78, 5) is 7.41. The molecule has 0 atom stereocenters. The van der Waals surface area contributed by atoms with Gasteiger partial charge in [0.05, 0.1) is 19.0 Å². The largest absolute Gasteiger partial charge is 0.497 e. The number of hydrogen-bond donors (Lipinski definition) is 1. The van der Waals surface area contributed by atoms with E-state index >= 15 is 0 Å². The first-order valence-corrected chi connectivity index (χ1v) is 4.87. The van der Waals surface area contributed by atoms with Crippen LogP contribution in [0.3, 0.4) is 0 Å². The SMILES string of the molecule is COc1ccc(-c2cnc(C)[nH]2)c(C)c1. The molecule has 1 N–H and O–H groups in total. The van der Waals surface area contributed by atoms with Crippen molar-refractivity contribution in [2.75, 3.05) is 7.11 Å². The maximum Gasteiger partial charge on any atom is 0.119 e. The van der Waals surface area contributed by atoms with E-state index in [1.165, 1.54) is 5.56 Å². The molecule has 1 aromatic heterocycles. The molecule has 0 bridgehead atoms. The fourth-order valence-corrected chi connectivity index (χ4v) is 1.62. The molecule has 0 unspecified atom stereocenters. The van der Waals surface area contributed by atoms with Crippen LogP contribution in [0.1, 0.15) is 11.4 Å². The molecule has 78 valence electrons. The lowest BCUT2D eigenvalue weighted by molar-refractivity contribution is 0.414. The van der Waals surface area contributed by atoms with Crippen molar-refractivity contribution in [1.29, 1.82) is 0 Å². The first kappa shape index (κ1) is 9.77. The fraction of sp³-hybridized carbons (Fsp3) is 0.250. The van der Waals surface area contributed by atoms with Gasteiger partial charge in [-0.3, -0.25) is 0 Å². The third-order valence-corrected chi connectivity index (χ3v) is 2.43. The summed E-state index contributed by atoms with van der Waals surface area (Å²) in [7, 11) is 1.68. The van der Waals surface area contributed by atoms with Crippen LogP contribution in [0.5, 0.6) is 5.75 Å². The maximum atomic E-state index is 5.17. The minimum Gasteiger partial charge on any atom is -0.497 e. The molecular formula is C12H14N2O. The molecule has 0 amide bonds. The predicted molar refractivity (Wildman–Crippen MR) is 60.0 cm³/mol. The number of aromatic nitrogens is 2. The number of ether oxygens (including phenoxy) is 1. The van der Waals surface area contributed by atoms with Crippen molar-refractivity contribution < 1.29 is 4.74 Å². The van der Waals surface area contributed by atoms with Gasteiger partial charge in [-0.15, -0.1) is 0 Å². The fourth-order valence-electron chi connectivity index (χ4n) is 1.62. The third-order valence-electron chi connectivity index (χ3n) is 2.43. The topological polar surface area (TPSA) is 37.9 Å². The highest BCUT2D eigenvalue weighted by atomic mass is 16.5. The lowest BCUT2D eigenvalue weighted by Gasteiger charge is -2.05. The number of benzene rings is 1. The van der Waals surface area contributed by atoms with Gasteiger partial charge in [-0.1, -0.05) is 0 Å². The number of methoxy groups -OCH3 is 1. The van der Waals surface area contributed by atoms with Gasteiger partial charge in [0.15, 0.2) is 0 Å². The van der Waals surface area contributed by atoms with Crippen LogP contribution in [-0.2, 0) is 0 Å². The standard InChI is InChI=1S/C12H14N2O/c1-8-6-10(15-3)4-5-11(8)12-7-13-9(2)14-12/h4-7H,1-3H3,(H,13,14). The number of aromatic amines is 1. The molecule has 0 radical (unpaired) electrons. The summed E-state index contributed by atoms with van der Waals surface area (Å²) >= 11 is 0. The zero-order chi connectivity index (χ0) is 10.8. The molecule has 2 rings (SSSR count). The van der Waals surface area contributed by atoms with Gasteiger partial charge in [-0.05, 0) is 37.6 Å². The highest BCUT2D eigenvalue weighted by molar-refractivity contribution is 5.64. The van der Waals surface area contributed by atoms with Crippen LogP contribution in [0.2, 0.25) is 0 Å². The van der Waals surface area contributed by atoms with Crippen LogP contribution in [0.25, 0.3) is 11.3 Å². The van der Waals surface area contributed by atoms with E-state index in [0.29, 0.717) is 0 Å². The summed E-state index contributed by atoms with van der Waals surface area (Å²) in [5.41, 5.74) is 3.39. The number of H-pyrrole nitrogens is 1. The Kier molecular flexibility index (Phi) is 2.46. The Morgan fingerprint density at radius 3 is 2.60 bits per heavy atom. The Hall–Kier alpha value is -1.77. The van der Waals surface area contributed by atoms with E-state index in [9.17, 15) is 0 Å². The Labute approximate surface area is 89.1 Å². The molecule has 0 spiro atoms. The van der Waals surface area contributed by atoms with E-state index in [1.54, 1.807) is 7.11 Å². The second kappa shape index (κ2) is 3.77. The predicted octanol–water partition coefficient (Wildman–Crippen LogP) is 2.70. The molecule has 3 heteroatoms. The Morgan fingerprint density at radius 2 is 2.07 bits per heavy atom. The quantitative estimate of drug-likeness (QED) is 0.813. The summed E-state index contributed by atoms with van der Waals surface area (Å²) < 4.78 is 5.17. The van der Waals surface area contributed by atoms with Crippen molar-refractivity contribution in [1.82, 2.24) is 9.97 Å². The van der Waals surface area contributed by atoms with Crippen molar-refractivity contribution in [3.63, 3.8) is 0 Å². The molecule has 0 aliphatic carbocycles. The Balaban J connectivity index is 2.45. The monoisotopic (exact) mass is 202 g/mol. The average Bonchev–Trinajstić information content (AvgIpc) is 2.64.